The first-order valence-corrected chi connectivity index (χ1v) is 10.2. The van der Waals surface area contributed by atoms with Crippen LogP contribution in [0.15, 0.2) is 41.3 Å². The maximum Gasteiger partial charge on any atom is 0.255 e. The van der Waals surface area contributed by atoms with Crippen molar-refractivity contribution in [3.8, 4) is 17.2 Å². The van der Waals surface area contributed by atoms with Crippen molar-refractivity contribution < 1.29 is 27.4 Å². The van der Waals surface area contributed by atoms with E-state index in [9.17, 15) is 13.2 Å². The molecule has 0 aromatic heterocycles. The highest BCUT2D eigenvalue weighted by Crippen LogP contribution is 2.33. The average molecular weight is 406 g/mol. The van der Waals surface area contributed by atoms with E-state index in [1.165, 1.54) is 25.3 Å². The molecule has 8 nitrogen and oxygen atoms in total. The number of benzene rings is 2. The van der Waals surface area contributed by atoms with Gasteiger partial charge in [-0.05, 0) is 44.2 Å². The quantitative estimate of drug-likeness (QED) is 0.764. The molecule has 0 aliphatic carbocycles. The number of fused-ring (bicyclic) bond motifs is 1. The van der Waals surface area contributed by atoms with E-state index in [-0.39, 0.29) is 22.3 Å². The van der Waals surface area contributed by atoms with Gasteiger partial charge in [0, 0.05) is 23.4 Å². The zero-order chi connectivity index (χ0) is 20.3. The minimum Gasteiger partial charge on any atom is -0.495 e. The van der Waals surface area contributed by atoms with E-state index in [1.54, 1.807) is 32.0 Å². The third-order valence-electron chi connectivity index (χ3n) is 3.91. The van der Waals surface area contributed by atoms with Gasteiger partial charge in [-0.25, -0.2) is 13.1 Å². The molecule has 1 aliphatic heterocycles. The van der Waals surface area contributed by atoms with Crippen LogP contribution in [0.2, 0.25) is 0 Å². The summed E-state index contributed by atoms with van der Waals surface area (Å²) in [4.78, 5) is 12.5. The molecule has 0 radical (unpaired) electrons. The zero-order valence-electron chi connectivity index (χ0n) is 15.8. The molecule has 0 fully saturated rings. The summed E-state index contributed by atoms with van der Waals surface area (Å²) in [6, 6.07) is 9.00. The van der Waals surface area contributed by atoms with Gasteiger partial charge in [0.15, 0.2) is 11.5 Å². The lowest BCUT2D eigenvalue weighted by Gasteiger charge is -2.19. The highest BCUT2D eigenvalue weighted by atomic mass is 32.2. The first kappa shape index (κ1) is 20.0. The second-order valence-electron chi connectivity index (χ2n) is 6.45. The second-order valence-corrected chi connectivity index (χ2v) is 8.14. The van der Waals surface area contributed by atoms with Gasteiger partial charge in [0.2, 0.25) is 10.0 Å². The molecular formula is C19H22N2O6S. The first-order chi connectivity index (χ1) is 13.3. The van der Waals surface area contributed by atoms with Crippen LogP contribution >= 0.6 is 0 Å². The van der Waals surface area contributed by atoms with Crippen LogP contribution in [-0.2, 0) is 10.0 Å². The molecule has 2 aromatic carbocycles. The number of methoxy groups -OCH3 is 1. The summed E-state index contributed by atoms with van der Waals surface area (Å²) in [6.45, 7) is 4.34. The van der Waals surface area contributed by atoms with Gasteiger partial charge in [0.1, 0.15) is 23.9 Å². The summed E-state index contributed by atoms with van der Waals surface area (Å²) in [5, 5.41) is 2.73. The van der Waals surface area contributed by atoms with Crippen LogP contribution < -0.4 is 24.2 Å². The van der Waals surface area contributed by atoms with Gasteiger partial charge in [0.25, 0.3) is 5.91 Å². The maximum atomic E-state index is 12.6. The van der Waals surface area contributed by atoms with Crippen LogP contribution in [0.25, 0.3) is 0 Å². The van der Waals surface area contributed by atoms with Crippen LogP contribution in [0.4, 0.5) is 5.69 Å². The van der Waals surface area contributed by atoms with Crippen molar-refractivity contribution in [2.24, 2.45) is 0 Å². The summed E-state index contributed by atoms with van der Waals surface area (Å²) in [5.41, 5.74) is 0.689. The molecule has 0 saturated heterocycles. The molecule has 2 N–H and O–H groups in total. The van der Waals surface area contributed by atoms with Crippen molar-refractivity contribution in [3.63, 3.8) is 0 Å². The number of carbonyl (C=O) groups excluding carboxylic acids is 1. The van der Waals surface area contributed by atoms with Crippen LogP contribution in [0, 0.1) is 0 Å². The molecule has 9 heteroatoms. The second kappa shape index (κ2) is 8.07. The van der Waals surface area contributed by atoms with E-state index in [4.69, 9.17) is 14.2 Å². The fourth-order valence-electron chi connectivity index (χ4n) is 2.73. The van der Waals surface area contributed by atoms with Gasteiger partial charge < -0.3 is 19.5 Å². The number of nitrogens with one attached hydrogen (secondary N) is 2. The van der Waals surface area contributed by atoms with Gasteiger partial charge >= 0.3 is 0 Å². The van der Waals surface area contributed by atoms with Gasteiger partial charge in [-0.2, -0.15) is 0 Å². The van der Waals surface area contributed by atoms with E-state index in [0.29, 0.717) is 30.4 Å². The standard InChI is InChI=1S/C19H22N2O6S/c1-12(2)21-28(23,24)18-10-13(4-6-16(18)25-3)19(22)20-14-5-7-15-17(11-14)27-9-8-26-15/h4-7,10-12,21H,8-9H2,1-3H3,(H,20,22). The molecule has 0 unspecified atom stereocenters. The molecule has 0 saturated carbocycles. The molecule has 1 heterocycles. The number of hydrogen-bond acceptors (Lipinski definition) is 6. The van der Waals surface area contributed by atoms with Crippen LogP contribution in [-0.4, -0.2) is 40.7 Å². The number of amides is 1. The van der Waals surface area contributed by atoms with Gasteiger partial charge in [-0.1, -0.05) is 0 Å². The molecule has 1 aliphatic rings. The van der Waals surface area contributed by atoms with Gasteiger partial charge in [-0.15, -0.1) is 0 Å². The Bertz CT molecular complexity index is 988. The molecule has 1 amide bonds. The predicted octanol–water partition coefficient (Wildman–Crippen LogP) is 2.41. The Morgan fingerprint density at radius 3 is 2.46 bits per heavy atom. The van der Waals surface area contributed by atoms with Crippen molar-refractivity contribution in [2.75, 3.05) is 25.6 Å². The zero-order valence-corrected chi connectivity index (χ0v) is 16.6. The number of ether oxygens (including phenoxy) is 3. The Labute approximate surface area is 163 Å². The number of anilines is 1. The molecule has 3 rings (SSSR count). The van der Waals surface area contributed by atoms with Crippen molar-refractivity contribution in [3.05, 3.63) is 42.0 Å². The fourth-order valence-corrected chi connectivity index (χ4v) is 4.17. The summed E-state index contributed by atoms with van der Waals surface area (Å²) in [6.07, 6.45) is 0. The molecule has 150 valence electrons. The molecule has 2 aromatic rings. The lowest BCUT2D eigenvalue weighted by atomic mass is 10.2. The number of rotatable bonds is 6. The predicted molar refractivity (Wildman–Crippen MR) is 104 cm³/mol. The SMILES string of the molecule is COc1ccc(C(=O)Nc2ccc3c(c2)OCCO3)cc1S(=O)(=O)NC(C)C. The Kier molecular flexibility index (Phi) is 5.76. The fraction of sp³-hybridized carbons (Fsp3) is 0.316. The summed E-state index contributed by atoms with van der Waals surface area (Å²) < 4.78 is 43.7. The molecule has 0 bridgehead atoms. The normalized spacial score (nSPS) is 13.3. The first-order valence-electron chi connectivity index (χ1n) is 8.71. The molecule has 0 spiro atoms. The van der Waals surface area contributed by atoms with E-state index in [0.717, 1.165) is 0 Å². The van der Waals surface area contributed by atoms with Crippen LogP contribution in [0.3, 0.4) is 0 Å². The average Bonchev–Trinajstić information content (AvgIpc) is 2.66. The highest BCUT2D eigenvalue weighted by Gasteiger charge is 2.23. The minimum atomic E-state index is -3.83. The van der Waals surface area contributed by atoms with Gasteiger partial charge in [0.05, 0.1) is 7.11 Å². The Balaban J connectivity index is 1.87. The minimum absolute atomic E-state index is 0.0986. The smallest absolute Gasteiger partial charge is 0.255 e. The van der Waals surface area contributed by atoms with Crippen molar-refractivity contribution in [1.82, 2.24) is 4.72 Å². The van der Waals surface area contributed by atoms with E-state index < -0.39 is 15.9 Å². The summed E-state index contributed by atoms with van der Waals surface area (Å²) in [5.74, 6) is 0.856. The van der Waals surface area contributed by atoms with Crippen molar-refractivity contribution in [1.29, 1.82) is 0 Å². The van der Waals surface area contributed by atoms with Crippen molar-refractivity contribution >= 4 is 21.6 Å². The Hall–Kier alpha value is -2.78. The highest BCUT2D eigenvalue weighted by molar-refractivity contribution is 7.89. The van der Waals surface area contributed by atoms with Crippen molar-refractivity contribution in [2.45, 2.75) is 24.8 Å². The Morgan fingerprint density at radius 1 is 1.07 bits per heavy atom. The third-order valence-corrected chi connectivity index (χ3v) is 5.59. The topological polar surface area (TPSA) is 103 Å². The Morgan fingerprint density at radius 2 is 1.79 bits per heavy atom. The third kappa shape index (κ3) is 4.37. The van der Waals surface area contributed by atoms with E-state index in [1.807, 2.05) is 0 Å². The maximum absolute atomic E-state index is 12.6. The lowest BCUT2D eigenvalue weighted by Crippen LogP contribution is -2.30. The van der Waals surface area contributed by atoms with Crippen LogP contribution in [0.5, 0.6) is 17.2 Å². The monoisotopic (exact) mass is 406 g/mol. The van der Waals surface area contributed by atoms with E-state index in [2.05, 4.69) is 10.0 Å². The van der Waals surface area contributed by atoms with Crippen LogP contribution in [0.1, 0.15) is 24.2 Å². The summed E-state index contributed by atoms with van der Waals surface area (Å²) >= 11 is 0. The summed E-state index contributed by atoms with van der Waals surface area (Å²) in [7, 11) is -2.46. The molecular weight excluding hydrogens is 384 g/mol. The molecule has 28 heavy (non-hydrogen) atoms. The van der Waals surface area contributed by atoms with Gasteiger partial charge in [-0.3, -0.25) is 4.79 Å². The lowest BCUT2D eigenvalue weighted by molar-refractivity contribution is 0.102. The largest absolute Gasteiger partial charge is 0.495 e. The number of hydrogen-bond donors (Lipinski definition) is 2. The number of sulfonamides is 1. The molecule has 0 atom stereocenters. The number of carbonyl (C=O) groups is 1. The van der Waals surface area contributed by atoms with E-state index >= 15 is 0 Å².